The average molecular weight is 271 g/mol. The molecule has 0 amide bonds. The van der Waals surface area contributed by atoms with Crippen molar-refractivity contribution in [1.82, 2.24) is 0 Å². The molecule has 0 aliphatic rings. The van der Waals surface area contributed by atoms with E-state index in [-0.39, 0.29) is 0 Å². The first kappa shape index (κ1) is 14.5. The first-order valence-corrected chi connectivity index (χ1v) is 11.3. The Kier molecular flexibility index (Phi) is 6.65. The van der Waals surface area contributed by atoms with Crippen LogP contribution < -0.4 is 0 Å². The number of carboxylic acids is 1. The van der Waals surface area contributed by atoms with Crippen molar-refractivity contribution in [3.63, 3.8) is 0 Å². The first-order valence-electron chi connectivity index (χ1n) is 5.60. The molecule has 86 valence electrons. The van der Waals surface area contributed by atoms with Crippen LogP contribution in [0.25, 0.3) is 0 Å². The van der Waals surface area contributed by atoms with Gasteiger partial charge in [-0.05, 0) is 0 Å². The number of carbonyl (C=O) groups is 1. The number of hydrogen-bond acceptors (Lipinski definition) is 1. The van der Waals surface area contributed by atoms with Crippen LogP contribution in [0.15, 0.2) is 22.6 Å². The van der Waals surface area contributed by atoms with E-state index in [9.17, 15) is 4.79 Å². The fraction of sp³-hybridized carbons (Fsp3) is 0.583. The van der Waals surface area contributed by atoms with Gasteiger partial charge in [0.2, 0.25) is 0 Å². The number of allylic oxidation sites excluding steroid dienone is 2. The molecule has 0 saturated carbocycles. The Bertz CT molecular complexity index is 255. The van der Waals surface area contributed by atoms with Gasteiger partial charge in [-0.25, -0.2) is 0 Å². The third kappa shape index (κ3) is 5.21. The van der Waals surface area contributed by atoms with Gasteiger partial charge in [-0.2, -0.15) is 0 Å². The second kappa shape index (κ2) is 6.88. The van der Waals surface area contributed by atoms with Gasteiger partial charge in [-0.3, -0.25) is 0 Å². The van der Waals surface area contributed by atoms with E-state index in [0.717, 1.165) is 5.57 Å². The van der Waals surface area contributed by atoms with E-state index in [1.54, 1.807) is 0 Å². The van der Waals surface area contributed by atoms with Gasteiger partial charge >= 0.3 is 95.2 Å². The summed E-state index contributed by atoms with van der Waals surface area (Å²) in [5.74, 6) is -0.861. The summed E-state index contributed by atoms with van der Waals surface area (Å²) in [6.07, 6.45) is 3.27. The zero-order valence-electron chi connectivity index (χ0n) is 10.2. The third-order valence-corrected chi connectivity index (χ3v) is 13.9. The molecule has 3 heteroatoms. The van der Waals surface area contributed by atoms with Gasteiger partial charge in [0.25, 0.3) is 0 Å². The maximum absolute atomic E-state index is 10.4. The molecule has 15 heavy (non-hydrogen) atoms. The Morgan fingerprint density at radius 1 is 1.20 bits per heavy atom. The summed E-state index contributed by atoms with van der Waals surface area (Å²) < 4.78 is 0. The van der Waals surface area contributed by atoms with Crippen molar-refractivity contribution < 1.29 is 9.90 Å². The normalized spacial score (nSPS) is 13.5. The van der Waals surface area contributed by atoms with Crippen molar-refractivity contribution >= 4 is 19.2 Å². The van der Waals surface area contributed by atoms with Gasteiger partial charge in [-0.1, -0.05) is 0 Å². The molecule has 0 aromatic heterocycles. The van der Waals surface area contributed by atoms with Crippen LogP contribution in [0.4, 0.5) is 0 Å². The predicted molar refractivity (Wildman–Crippen MR) is 67.7 cm³/mol. The Morgan fingerprint density at radius 2 is 1.67 bits per heavy atom. The van der Waals surface area contributed by atoms with E-state index in [4.69, 9.17) is 5.11 Å². The molecule has 0 rings (SSSR count). The van der Waals surface area contributed by atoms with E-state index >= 15 is 0 Å². The summed E-state index contributed by atoms with van der Waals surface area (Å²) in [6.45, 7) is 8.62. The van der Waals surface area contributed by atoms with Crippen LogP contribution in [0.3, 0.4) is 0 Å². The minimum absolute atomic E-state index is 0.841. The van der Waals surface area contributed by atoms with Crippen molar-refractivity contribution in [2.45, 2.75) is 43.5 Å². The van der Waals surface area contributed by atoms with E-state index in [0.29, 0.717) is 0 Å². The fourth-order valence-corrected chi connectivity index (χ4v) is 7.58. The monoisotopic (exact) mass is 272 g/mol. The molecule has 0 spiro atoms. The Hall–Kier alpha value is -0.507. The molecule has 1 N–H and O–H groups in total. The Balaban J connectivity index is 4.67. The van der Waals surface area contributed by atoms with Crippen LogP contribution in [-0.4, -0.2) is 24.3 Å². The van der Waals surface area contributed by atoms with Gasteiger partial charge in [0, 0.05) is 0 Å². The van der Waals surface area contributed by atoms with E-state index in [1.165, 1.54) is 21.8 Å². The zero-order valence-corrected chi connectivity index (χ0v) is 12.3. The van der Waals surface area contributed by atoms with E-state index < -0.39 is 19.2 Å². The molecule has 0 aromatic rings. The first-order chi connectivity index (χ1) is 6.99. The molecule has 0 saturated heterocycles. The third-order valence-electron chi connectivity index (χ3n) is 3.16. The average Bonchev–Trinajstić information content (AvgIpc) is 2.20. The minimum atomic E-state index is -1.76. The van der Waals surface area contributed by atoms with Gasteiger partial charge in [0.05, 0.1) is 0 Å². The number of hydrogen-bond donors (Lipinski definition) is 1. The van der Waals surface area contributed by atoms with Crippen LogP contribution in [-0.2, 0) is 4.79 Å². The van der Waals surface area contributed by atoms with Crippen LogP contribution in [0.2, 0.25) is 15.8 Å². The summed E-state index contributed by atoms with van der Waals surface area (Å²) in [4.78, 5) is 12.8. The molecule has 0 fully saturated rings. The molecule has 0 aliphatic heterocycles. The molecule has 0 radical (unpaired) electrons. The summed E-state index contributed by atoms with van der Waals surface area (Å²) in [7, 11) is 0. The standard InChI is InChI=1S/C12H22GeO2/c1-5-13(6-2,7-3)9-8-11(4)10-12(14)15/h8-10H,5-7H2,1-4H3,(H,14,15)/b9-8+,11-10-. The zero-order chi connectivity index (χ0) is 11.9. The molecule has 0 heterocycles. The van der Waals surface area contributed by atoms with E-state index in [1.807, 2.05) is 13.0 Å². The van der Waals surface area contributed by atoms with Crippen molar-refractivity contribution in [3.05, 3.63) is 22.6 Å². The van der Waals surface area contributed by atoms with Crippen LogP contribution in [0, 0.1) is 0 Å². The molecule has 0 unspecified atom stereocenters. The van der Waals surface area contributed by atoms with Crippen molar-refractivity contribution in [1.29, 1.82) is 0 Å². The summed E-state index contributed by atoms with van der Waals surface area (Å²) in [5, 5.41) is 12.4. The maximum atomic E-state index is 10.4. The Morgan fingerprint density at radius 3 is 2.00 bits per heavy atom. The van der Waals surface area contributed by atoms with Crippen LogP contribution in [0.1, 0.15) is 27.7 Å². The summed E-state index contributed by atoms with van der Waals surface area (Å²) in [5.41, 5.74) is 0.841. The second-order valence-electron chi connectivity index (χ2n) is 3.98. The second-order valence-corrected chi connectivity index (χ2v) is 14.8. The fourth-order valence-electron chi connectivity index (χ4n) is 1.65. The molecule has 0 atom stereocenters. The van der Waals surface area contributed by atoms with Crippen molar-refractivity contribution in [2.24, 2.45) is 0 Å². The van der Waals surface area contributed by atoms with Crippen molar-refractivity contribution in [3.8, 4) is 0 Å². The van der Waals surface area contributed by atoms with Crippen LogP contribution in [0.5, 0.6) is 0 Å². The van der Waals surface area contributed by atoms with Gasteiger partial charge in [-0.15, -0.1) is 0 Å². The molecule has 2 nitrogen and oxygen atoms in total. The van der Waals surface area contributed by atoms with Crippen LogP contribution >= 0.6 is 0 Å². The Labute approximate surface area is 95.4 Å². The summed E-state index contributed by atoms with van der Waals surface area (Å²) in [6, 6.07) is 0. The number of carboxylic acid groups (broad SMARTS) is 1. The number of rotatable bonds is 6. The molecular formula is C12H22GeO2. The van der Waals surface area contributed by atoms with Crippen molar-refractivity contribution in [2.75, 3.05) is 0 Å². The summed E-state index contributed by atoms with van der Waals surface area (Å²) >= 11 is -1.76. The van der Waals surface area contributed by atoms with Gasteiger partial charge in [0.15, 0.2) is 0 Å². The molecular weight excluding hydrogens is 249 g/mol. The topological polar surface area (TPSA) is 37.3 Å². The number of aliphatic carboxylic acids is 1. The molecule has 0 bridgehead atoms. The molecule has 0 aromatic carbocycles. The van der Waals surface area contributed by atoms with E-state index in [2.05, 4.69) is 25.7 Å². The quantitative estimate of drug-likeness (QED) is 0.455. The SMILES string of the molecule is C[CH2][Ge](/[CH]=C/C(C)=C\C(=O)O)([CH2]C)[CH2]C. The predicted octanol–water partition coefficient (Wildman–Crippen LogP) is 3.62. The van der Waals surface area contributed by atoms with Gasteiger partial charge in [0.1, 0.15) is 0 Å². The molecule has 0 aliphatic carbocycles. The van der Waals surface area contributed by atoms with Gasteiger partial charge < -0.3 is 0 Å².